The molecule has 1 heterocycles. The number of nitrogens with two attached hydrogens (primary N) is 1. The van der Waals surface area contributed by atoms with Crippen molar-refractivity contribution in [1.29, 1.82) is 5.26 Å². The Labute approximate surface area is 126 Å². The summed E-state index contributed by atoms with van der Waals surface area (Å²) in [6, 6.07) is 9.39. The van der Waals surface area contributed by atoms with Crippen LogP contribution in [0.4, 0.5) is 0 Å². The minimum absolute atomic E-state index is 0.121. The summed E-state index contributed by atoms with van der Waals surface area (Å²) < 4.78 is 0. The average Bonchev–Trinajstić information content (AvgIpc) is 2.58. The third kappa shape index (κ3) is 3.43. The summed E-state index contributed by atoms with van der Waals surface area (Å²) in [6.45, 7) is 4.87. The number of rotatable bonds is 3. The molecule has 0 aliphatic carbocycles. The van der Waals surface area contributed by atoms with E-state index in [4.69, 9.17) is 5.73 Å². The van der Waals surface area contributed by atoms with Gasteiger partial charge in [-0.15, -0.1) is 0 Å². The maximum Gasteiger partial charge on any atom is 0.223 e. The first-order valence-corrected chi connectivity index (χ1v) is 7.58. The molecule has 0 spiro atoms. The highest BCUT2D eigenvalue weighted by Gasteiger charge is 2.34. The summed E-state index contributed by atoms with van der Waals surface area (Å²) in [6.07, 6.45) is 2.18. The molecule has 2 N–H and O–H groups in total. The largest absolute Gasteiger partial charge is 0.334 e. The van der Waals surface area contributed by atoms with Crippen LogP contribution in [-0.4, -0.2) is 23.4 Å². The number of benzene rings is 1. The third-order valence-corrected chi connectivity index (χ3v) is 3.95. The standard InChI is InChI=1S/C17H23N3O/c1-12(2)11-20-16(21)9-5-8-15(19)17(20)14-7-4-3-6-13(14)10-18/h3-4,6-7,12,15,17H,5,8-9,11,19H2,1-2H3. The molecule has 2 atom stereocenters. The van der Waals surface area contributed by atoms with Gasteiger partial charge in [0.05, 0.1) is 17.7 Å². The highest BCUT2D eigenvalue weighted by molar-refractivity contribution is 5.77. The number of carbonyl (C=O) groups excluding carboxylic acids is 1. The highest BCUT2D eigenvalue weighted by Crippen LogP contribution is 2.32. The molecule has 21 heavy (non-hydrogen) atoms. The minimum Gasteiger partial charge on any atom is -0.334 e. The van der Waals surface area contributed by atoms with Crippen LogP contribution in [0, 0.1) is 17.2 Å². The van der Waals surface area contributed by atoms with E-state index < -0.39 is 0 Å². The monoisotopic (exact) mass is 285 g/mol. The summed E-state index contributed by atoms with van der Waals surface area (Å²) in [7, 11) is 0. The predicted octanol–water partition coefficient (Wildman–Crippen LogP) is 2.60. The van der Waals surface area contributed by atoms with Crippen LogP contribution < -0.4 is 5.73 Å². The second kappa shape index (κ2) is 6.73. The summed E-state index contributed by atoms with van der Waals surface area (Å²) in [4.78, 5) is 14.4. The van der Waals surface area contributed by atoms with Gasteiger partial charge in [-0.1, -0.05) is 32.0 Å². The fraction of sp³-hybridized carbons (Fsp3) is 0.529. The fourth-order valence-corrected chi connectivity index (χ4v) is 3.04. The number of hydrogen-bond donors (Lipinski definition) is 1. The van der Waals surface area contributed by atoms with Crippen LogP contribution in [-0.2, 0) is 4.79 Å². The zero-order valence-electron chi connectivity index (χ0n) is 12.7. The molecule has 1 aromatic rings. The molecule has 4 nitrogen and oxygen atoms in total. The first-order chi connectivity index (χ1) is 10.0. The number of nitrogens with zero attached hydrogens (tertiary/aromatic N) is 2. The van der Waals surface area contributed by atoms with Crippen LogP contribution >= 0.6 is 0 Å². The molecule has 1 aliphatic rings. The molecule has 4 heteroatoms. The van der Waals surface area contributed by atoms with Crippen LogP contribution in [0.25, 0.3) is 0 Å². The van der Waals surface area contributed by atoms with Gasteiger partial charge in [-0.2, -0.15) is 5.26 Å². The van der Waals surface area contributed by atoms with E-state index in [1.807, 2.05) is 23.1 Å². The molecule has 0 saturated carbocycles. The van der Waals surface area contributed by atoms with E-state index in [1.54, 1.807) is 6.07 Å². The van der Waals surface area contributed by atoms with Gasteiger partial charge < -0.3 is 10.6 Å². The molecule has 112 valence electrons. The molecule has 1 fully saturated rings. The number of hydrogen-bond acceptors (Lipinski definition) is 3. The number of likely N-dealkylation sites (tertiary alicyclic amines) is 1. The van der Waals surface area contributed by atoms with Gasteiger partial charge in [0.15, 0.2) is 0 Å². The van der Waals surface area contributed by atoms with Crippen molar-refractivity contribution < 1.29 is 4.79 Å². The second-order valence-electron chi connectivity index (χ2n) is 6.14. The van der Waals surface area contributed by atoms with Crippen molar-refractivity contribution in [2.24, 2.45) is 11.7 Å². The first-order valence-electron chi connectivity index (χ1n) is 7.58. The van der Waals surface area contributed by atoms with E-state index >= 15 is 0 Å². The minimum atomic E-state index is -0.196. The Morgan fingerprint density at radius 1 is 1.43 bits per heavy atom. The predicted molar refractivity (Wildman–Crippen MR) is 82.3 cm³/mol. The van der Waals surface area contributed by atoms with Crippen molar-refractivity contribution in [2.45, 2.75) is 45.2 Å². The Bertz CT molecular complexity index is 547. The molecule has 1 aromatic carbocycles. The van der Waals surface area contributed by atoms with Crippen molar-refractivity contribution in [1.82, 2.24) is 4.90 Å². The summed E-state index contributed by atoms with van der Waals surface area (Å²) in [5.74, 6) is 0.519. The van der Waals surface area contributed by atoms with Gasteiger partial charge in [-0.25, -0.2) is 0 Å². The summed E-state index contributed by atoms with van der Waals surface area (Å²) >= 11 is 0. The maximum atomic E-state index is 12.5. The topological polar surface area (TPSA) is 70.1 Å². The molecular weight excluding hydrogens is 262 g/mol. The van der Waals surface area contributed by atoms with E-state index in [2.05, 4.69) is 19.9 Å². The lowest BCUT2D eigenvalue weighted by Crippen LogP contribution is -2.44. The Balaban J connectivity index is 2.47. The van der Waals surface area contributed by atoms with Gasteiger partial charge in [0.1, 0.15) is 0 Å². The molecule has 0 aromatic heterocycles. The van der Waals surface area contributed by atoms with Crippen molar-refractivity contribution >= 4 is 5.91 Å². The lowest BCUT2D eigenvalue weighted by Gasteiger charge is -2.35. The van der Waals surface area contributed by atoms with Gasteiger partial charge in [-0.05, 0) is 30.4 Å². The van der Waals surface area contributed by atoms with Crippen LogP contribution in [0.2, 0.25) is 0 Å². The Morgan fingerprint density at radius 3 is 2.81 bits per heavy atom. The number of amides is 1. The molecular formula is C17H23N3O. The lowest BCUT2D eigenvalue weighted by atomic mass is 9.92. The molecule has 1 saturated heterocycles. The van der Waals surface area contributed by atoms with Crippen molar-refractivity contribution in [3.8, 4) is 6.07 Å². The zero-order chi connectivity index (χ0) is 15.4. The van der Waals surface area contributed by atoms with Crippen LogP contribution in [0.3, 0.4) is 0 Å². The van der Waals surface area contributed by atoms with E-state index in [0.717, 1.165) is 18.4 Å². The molecule has 1 amide bonds. The van der Waals surface area contributed by atoms with Crippen molar-refractivity contribution in [2.75, 3.05) is 6.54 Å². The SMILES string of the molecule is CC(C)CN1C(=O)CCCC(N)C1c1ccccc1C#N. The van der Waals surface area contributed by atoms with Crippen LogP contribution in [0.1, 0.15) is 50.3 Å². The number of nitriles is 1. The molecule has 1 aliphatic heterocycles. The van der Waals surface area contributed by atoms with Gasteiger partial charge in [-0.3, -0.25) is 4.79 Å². The quantitative estimate of drug-likeness (QED) is 0.928. The normalized spacial score (nSPS) is 23.0. The van der Waals surface area contributed by atoms with E-state index in [-0.39, 0.29) is 18.0 Å². The summed E-state index contributed by atoms with van der Waals surface area (Å²) in [5.41, 5.74) is 7.85. The molecule has 0 bridgehead atoms. The second-order valence-corrected chi connectivity index (χ2v) is 6.14. The van der Waals surface area contributed by atoms with Gasteiger partial charge in [0.2, 0.25) is 5.91 Å². The van der Waals surface area contributed by atoms with E-state index in [0.29, 0.717) is 24.4 Å². The van der Waals surface area contributed by atoms with Crippen LogP contribution in [0.15, 0.2) is 24.3 Å². The highest BCUT2D eigenvalue weighted by atomic mass is 16.2. The number of carbonyl (C=O) groups is 1. The Kier molecular flexibility index (Phi) is 4.98. The Morgan fingerprint density at radius 2 is 2.14 bits per heavy atom. The molecule has 0 radical (unpaired) electrons. The van der Waals surface area contributed by atoms with Gasteiger partial charge in [0.25, 0.3) is 0 Å². The Hall–Kier alpha value is -1.86. The summed E-state index contributed by atoms with van der Waals surface area (Å²) in [5, 5.41) is 9.35. The van der Waals surface area contributed by atoms with E-state index in [1.165, 1.54) is 0 Å². The smallest absolute Gasteiger partial charge is 0.223 e. The fourth-order valence-electron chi connectivity index (χ4n) is 3.04. The van der Waals surface area contributed by atoms with Gasteiger partial charge >= 0.3 is 0 Å². The van der Waals surface area contributed by atoms with Crippen LogP contribution in [0.5, 0.6) is 0 Å². The van der Waals surface area contributed by atoms with Crippen molar-refractivity contribution in [3.63, 3.8) is 0 Å². The first kappa shape index (κ1) is 15.5. The molecule has 2 unspecified atom stereocenters. The third-order valence-electron chi connectivity index (χ3n) is 3.95. The zero-order valence-corrected chi connectivity index (χ0v) is 12.7. The van der Waals surface area contributed by atoms with Crippen molar-refractivity contribution in [3.05, 3.63) is 35.4 Å². The van der Waals surface area contributed by atoms with E-state index in [9.17, 15) is 10.1 Å². The lowest BCUT2D eigenvalue weighted by molar-refractivity contribution is -0.133. The van der Waals surface area contributed by atoms with Gasteiger partial charge in [0, 0.05) is 19.0 Å². The maximum absolute atomic E-state index is 12.5. The molecule has 2 rings (SSSR count). The average molecular weight is 285 g/mol.